The number of ether oxygens (including phenoxy) is 2. The smallest absolute Gasteiger partial charge is 0.261 e. The van der Waals surface area contributed by atoms with Crippen LogP contribution in [0.1, 0.15) is 52.0 Å². The summed E-state index contributed by atoms with van der Waals surface area (Å²) < 4.78 is 48.4. The molecule has 1 saturated heterocycles. The number of nitrogens with one attached hydrogen (secondary N) is 1. The lowest BCUT2D eigenvalue weighted by atomic mass is 10.2. The van der Waals surface area contributed by atoms with Crippen LogP contribution in [0.4, 0.5) is 0 Å². The van der Waals surface area contributed by atoms with Crippen molar-refractivity contribution in [2.24, 2.45) is 0 Å². The van der Waals surface area contributed by atoms with Gasteiger partial charge in [0.2, 0.25) is 10.0 Å². The van der Waals surface area contributed by atoms with Gasteiger partial charge in [0.25, 0.3) is 8.32 Å². The van der Waals surface area contributed by atoms with Crippen LogP contribution >= 0.6 is 0 Å². The maximum absolute atomic E-state index is 13.3. The van der Waals surface area contributed by atoms with E-state index in [0.717, 1.165) is 24.8 Å². The first kappa shape index (κ1) is 30.6. The summed E-state index contributed by atoms with van der Waals surface area (Å²) in [5.41, 5.74) is 1.01. The Morgan fingerprint density at radius 2 is 1.52 bits per heavy atom. The van der Waals surface area contributed by atoms with Crippen LogP contribution in [0.2, 0.25) is 5.04 Å². The van der Waals surface area contributed by atoms with Crippen LogP contribution < -0.4 is 15.1 Å². The molecule has 1 N–H and O–H groups in total. The Kier molecular flexibility index (Phi) is 10.4. The van der Waals surface area contributed by atoms with Crippen molar-refractivity contribution >= 4 is 28.7 Å². The van der Waals surface area contributed by atoms with E-state index < -0.39 is 24.4 Å². The molecule has 4 rings (SSSR count). The molecule has 8 heteroatoms. The first-order chi connectivity index (χ1) is 19.1. The van der Waals surface area contributed by atoms with Gasteiger partial charge in [-0.05, 0) is 60.2 Å². The van der Waals surface area contributed by atoms with Gasteiger partial charge in [0.05, 0.1) is 11.5 Å². The standard InChI is InChI=1S/C32H43NO5SSi/c1-26-18-20-28(21-19-26)39(34,35)33-27(25-37-31-17-11-12-23-36-31)22-24-38-40(32(2,3)4,29-13-7-5-8-14-29)30-15-9-6-10-16-30/h5-10,13-16,18-21,27,31,33H,11-12,17,22-25H2,1-4H3. The van der Waals surface area contributed by atoms with Crippen LogP contribution in [0.3, 0.4) is 0 Å². The first-order valence-electron chi connectivity index (χ1n) is 14.2. The maximum atomic E-state index is 13.3. The van der Waals surface area contributed by atoms with Gasteiger partial charge in [-0.15, -0.1) is 0 Å². The molecule has 40 heavy (non-hydrogen) atoms. The third-order valence-corrected chi connectivity index (χ3v) is 14.1. The normalized spacial score (nSPS) is 17.4. The van der Waals surface area contributed by atoms with Gasteiger partial charge >= 0.3 is 0 Å². The second kappa shape index (κ2) is 13.6. The van der Waals surface area contributed by atoms with Crippen molar-refractivity contribution in [3.05, 3.63) is 90.5 Å². The Labute approximate surface area is 241 Å². The minimum Gasteiger partial charge on any atom is -0.407 e. The lowest BCUT2D eigenvalue weighted by molar-refractivity contribution is -0.165. The Morgan fingerprint density at radius 3 is 2.05 bits per heavy atom. The molecular weight excluding hydrogens is 539 g/mol. The number of hydrogen-bond acceptors (Lipinski definition) is 5. The second-order valence-electron chi connectivity index (χ2n) is 11.6. The van der Waals surface area contributed by atoms with Crippen LogP contribution in [0.15, 0.2) is 89.8 Å². The van der Waals surface area contributed by atoms with E-state index in [2.05, 4.69) is 74.0 Å². The molecule has 0 aromatic heterocycles. The fourth-order valence-electron chi connectivity index (χ4n) is 5.36. The molecule has 1 heterocycles. The lowest BCUT2D eigenvalue weighted by Crippen LogP contribution is -2.66. The number of sulfonamides is 1. The summed E-state index contributed by atoms with van der Waals surface area (Å²) in [6.07, 6.45) is 3.03. The van der Waals surface area contributed by atoms with Gasteiger partial charge in [-0.3, -0.25) is 0 Å². The summed E-state index contributed by atoms with van der Waals surface area (Å²) in [4.78, 5) is 0.241. The zero-order chi connectivity index (χ0) is 28.6. The molecule has 2 atom stereocenters. The molecule has 1 aliphatic heterocycles. The fourth-order valence-corrected chi connectivity index (χ4v) is 11.2. The Bertz CT molecular complexity index is 1250. The largest absolute Gasteiger partial charge is 0.407 e. The molecule has 0 radical (unpaired) electrons. The molecule has 0 aliphatic carbocycles. The summed E-state index contributed by atoms with van der Waals surface area (Å²) in [6, 6.07) is 27.3. The Balaban J connectivity index is 1.58. The molecule has 1 aliphatic rings. The SMILES string of the molecule is Cc1ccc(S(=O)(=O)NC(CCO[Si](c2ccccc2)(c2ccccc2)C(C)(C)C)COC2CCCCO2)cc1. The summed E-state index contributed by atoms with van der Waals surface area (Å²) in [5.74, 6) is 0. The third-order valence-electron chi connectivity index (χ3n) is 7.48. The zero-order valence-electron chi connectivity index (χ0n) is 24.1. The maximum Gasteiger partial charge on any atom is 0.261 e. The van der Waals surface area contributed by atoms with E-state index in [4.69, 9.17) is 13.9 Å². The summed E-state index contributed by atoms with van der Waals surface area (Å²) in [6.45, 7) is 9.90. The highest BCUT2D eigenvalue weighted by atomic mass is 32.2. The van der Waals surface area contributed by atoms with E-state index >= 15 is 0 Å². The molecule has 0 bridgehead atoms. The minimum atomic E-state index is -3.74. The average molecular weight is 582 g/mol. The van der Waals surface area contributed by atoms with Gasteiger partial charge in [0.1, 0.15) is 0 Å². The number of rotatable bonds is 12. The molecule has 0 amide bonds. The van der Waals surface area contributed by atoms with Crippen molar-refractivity contribution < 1.29 is 22.3 Å². The quantitative estimate of drug-likeness (QED) is 0.300. The average Bonchev–Trinajstić information content (AvgIpc) is 2.95. The Hall–Kier alpha value is -2.33. The second-order valence-corrected chi connectivity index (χ2v) is 17.6. The van der Waals surface area contributed by atoms with Gasteiger partial charge < -0.3 is 13.9 Å². The number of hydrogen-bond donors (Lipinski definition) is 1. The highest BCUT2D eigenvalue weighted by Crippen LogP contribution is 2.36. The van der Waals surface area contributed by atoms with E-state index in [9.17, 15) is 8.42 Å². The van der Waals surface area contributed by atoms with Crippen LogP contribution in [-0.2, 0) is 23.9 Å². The van der Waals surface area contributed by atoms with Crippen molar-refractivity contribution in [1.82, 2.24) is 4.72 Å². The molecule has 6 nitrogen and oxygen atoms in total. The van der Waals surface area contributed by atoms with Crippen LogP contribution in [0.5, 0.6) is 0 Å². The number of benzene rings is 3. The Morgan fingerprint density at radius 1 is 0.925 bits per heavy atom. The molecular formula is C32H43NO5SSi. The van der Waals surface area contributed by atoms with Gasteiger partial charge in [-0.1, -0.05) is 99.1 Å². The molecule has 0 spiro atoms. The molecule has 2 unspecified atom stereocenters. The van der Waals surface area contributed by atoms with Crippen molar-refractivity contribution in [2.75, 3.05) is 19.8 Å². The summed E-state index contributed by atoms with van der Waals surface area (Å²) in [7, 11) is -6.49. The van der Waals surface area contributed by atoms with E-state index in [0.29, 0.717) is 19.6 Å². The van der Waals surface area contributed by atoms with Crippen molar-refractivity contribution in [3.8, 4) is 0 Å². The van der Waals surface area contributed by atoms with Gasteiger partial charge in [-0.2, -0.15) is 0 Å². The minimum absolute atomic E-state index is 0.168. The van der Waals surface area contributed by atoms with E-state index in [1.54, 1.807) is 12.1 Å². The van der Waals surface area contributed by atoms with Crippen LogP contribution in [0, 0.1) is 6.92 Å². The van der Waals surface area contributed by atoms with Gasteiger partial charge in [0, 0.05) is 19.3 Å². The van der Waals surface area contributed by atoms with E-state index in [1.807, 2.05) is 31.2 Å². The van der Waals surface area contributed by atoms with E-state index in [-0.39, 0.29) is 22.8 Å². The van der Waals surface area contributed by atoms with E-state index in [1.165, 1.54) is 10.4 Å². The monoisotopic (exact) mass is 581 g/mol. The van der Waals surface area contributed by atoms with Crippen molar-refractivity contribution in [3.63, 3.8) is 0 Å². The van der Waals surface area contributed by atoms with Crippen LogP contribution in [0.25, 0.3) is 0 Å². The summed E-state index contributed by atoms with van der Waals surface area (Å²) in [5, 5.41) is 2.22. The third kappa shape index (κ3) is 7.49. The lowest BCUT2D eigenvalue weighted by Gasteiger charge is -2.43. The molecule has 0 saturated carbocycles. The highest BCUT2D eigenvalue weighted by molar-refractivity contribution is 7.89. The van der Waals surface area contributed by atoms with Crippen molar-refractivity contribution in [2.45, 2.75) is 75.6 Å². The fraction of sp³-hybridized carbons (Fsp3) is 0.438. The molecule has 216 valence electrons. The summed E-state index contributed by atoms with van der Waals surface area (Å²) >= 11 is 0. The highest BCUT2D eigenvalue weighted by Gasteiger charge is 2.50. The topological polar surface area (TPSA) is 73.9 Å². The molecule has 3 aromatic rings. The van der Waals surface area contributed by atoms with Crippen molar-refractivity contribution in [1.29, 1.82) is 0 Å². The van der Waals surface area contributed by atoms with Gasteiger partial charge in [0.15, 0.2) is 6.29 Å². The van der Waals surface area contributed by atoms with Gasteiger partial charge in [-0.25, -0.2) is 13.1 Å². The predicted octanol–water partition coefficient (Wildman–Crippen LogP) is 5.15. The first-order valence-corrected chi connectivity index (χ1v) is 17.6. The zero-order valence-corrected chi connectivity index (χ0v) is 26.0. The molecule has 3 aromatic carbocycles. The predicted molar refractivity (Wildman–Crippen MR) is 163 cm³/mol. The number of aryl methyl sites for hydroxylation is 1. The molecule has 1 fully saturated rings. The van der Waals surface area contributed by atoms with Crippen LogP contribution in [-0.4, -0.2) is 48.9 Å².